The molecular weight excluding hydrogens is 474 g/mol. The van der Waals surface area contributed by atoms with E-state index < -0.39 is 11.2 Å². The van der Waals surface area contributed by atoms with E-state index in [1.54, 1.807) is 17.0 Å². The summed E-state index contributed by atoms with van der Waals surface area (Å²) in [6.07, 6.45) is 0.00507. The van der Waals surface area contributed by atoms with Gasteiger partial charge < -0.3 is 10.4 Å². The summed E-state index contributed by atoms with van der Waals surface area (Å²) >= 11 is 7.20. The second-order valence-corrected chi connectivity index (χ2v) is 9.12. The topological polar surface area (TPSA) is 99.1 Å². The van der Waals surface area contributed by atoms with Gasteiger partial charge in [0.1, 0.15) is 5.25 Å². The molecule has 2 N–H and O–H groups in total. The Hall–Kier alpha value is -3.62. The number of amidine groups is 1. The highest BCUT2D eigenvalue weighted by molar-refractivity contribution is 8.15. The van der Waals surface area contributed by atoms with E-state index in [0.29, 0.717) is 28.1 Å². The van der Waals surface area contributed by atoms with Gasteiger partial charge in [0.05, 0.1) is 17.8 Å². The molecule has 1 aliphatic rings. The van der Waals surface area contributed by atoms with Crippen molar-refractivity contribution in [3.63, 3.8) is 0 Å². The summed E-state index contributed by atoms with van der Waals surface area (Å²) in [6, 6.07) is 22.3. The Labute approximate surface area is 205 Å². The zero-order valence-corrected chi connectivity index (χ0v) is 19.4. The number of anilines is 1. The molecule has 0 spiro atoms. The van der Waals surface area contributed by atoms with Crippen LogP contribution in [0, 0.1) is 0 Å². The lowest BCUT2D eigenvalue weighted by Crippen LogP contribution is -2.44. The first-order chi connectivity index (χ1) is 16.4. The summed E-state index contributed by atoms with van der Waals surface area (Å²) in [7, 11) is 0. The molecule has 0 aromatic heterocycles. The predicted molar refractivity (Wildman–Crippen MR) is 134 cm³/mol. The Morgan fingerprint density at radius 1 is 1.03 bits per heavy atom. The number of amides is 2. The summed E-state index contributed by atoms with van der Waals surface area (Å²) < 4.78 is 0. The van der Waals surface area contributed by atoms with Gasteiger partial charge in [0.25, 0.3) is 0 Å². The maximum Gasteiger partial charge on any atom is 0.335 e. The summed E-state index contributed by atoms with van der Waals surface area (Å²) in [6.45, 7) is 0.305. The molecule has 2 amide bonds. The highest BCUT2D eigenvalue weighted by Gasteiger charge is 2.36. The fraction of sp³-hybridized carbons (Fsp3) is 0.120. The van der Waals surface area contributed by atoms with E-state index in [1.165, 1.54) is 36.0 Å². The van der Waals surface area contributed by atoms with Crippen molar-refractivity contribution in [2.75, 3.05) is 5.32 Å². The number of rotatable bonds is 6. The van der Waals surface area contributed by atoms with E-state index in [0.717, 1.165) is 5.56 Å². The van der Waals surface area contributed by atoms with Gasteiger partial charge >= 0.3 is 5.97 Å². The van der Waals surface area contributed by atoms with Crippen molar-refractivity contribution < 1.29 is 19.5 Å². The molecule has 1 heterocycles. The van der Waals surface area contributed by atoms with Crippen LogP contribution in [0.1, 0.15) is 22.3 Å². The number of para-hydroxylation sites is 1. The monoisotopic (exact) mass is 493 g/mol. The van der Waals surface area contributed by atoms with Crippen LogP contribution in [0.25, 0.3) is 0 Å². The Morgan fingerprint density at radius 3 is 2.35 bits per heavy atom. The molecular formula is C25H20ClN3O4S. The van der Waals surface area contributed by atoms with E-state index in [-0.39, 0.29) is 23.8 Å². The quantitative estimate of drug-likeness (QED) is 0.491. The molecule has 7 nitrogen and oxygen atoms in total. The number of halogens is 1. The molecule has 1 atom stereocenters. The zero-order chi connectivity index (χ0) is 24.1. The smallest absolute Gasteiger partial charge is 0.335 e. The molecule has 0 bridgehead atoms. The molecule has 4 rings (SSSR count). The molecule has 9 heteroatoms. The van der Waals surface area contributed by atoms with Crippen molar-refractivity contribution in [1.82, 2.24) is 4.90 Å². The highest BCUT2D eigenvalue weighted by Crippen LogP contribution is 2.31. The van der Waals surface area contributed by atoms with Gasteiger partial charge in [-0.25, -0.2) is 9.79 Å². The van der Waals surface area contributed by atoms with Crippen molar-refractivity contribution >= 4 is 57.7 Å². The molecule has 3 aromatic carbocycles. The van der Waals surface area contributed by atoms with Crippen molar-refractivity contribution in [1.29, 1.82) is 0 Å². The Balaban J connectivity index is 1.55. The predicted octanol–water partition coefficient (Wildman–Crippen LogP) is 5.20. The first kappa shape index (κ1) is 23.5. The first-order valence-corrected chi connectivity index (χ1v) is 11.6. The van der Waals surface area contributed by atoms with Gasteiger partial charge in [-0.2, -0.15) is 0 Å². The van der Waals surface area contributed by atoms with Crippen molar-refractivity contribution in [2.24, 2.45) is 4.99 Å². The molecule has 0 radical (unpaired) electrons. The van der Waals surface area contributed by atoms with Crippen LogP contribution in [0.3, 0.4) is 0 Å². The minimum absolute atomic E-state index is 0.00507. The molecule has 0 saturated carbocycles. The first-order valence-electron chi connectivity index (χ1n) is 10.4. The minimum Gasteiger partial charge on any atom is -0.478 e. The van der Waals surface area contributed by atoms with E-state index in [1.807, 2.05) is 42.5 Å². The highest BCUT2D eigenvalue weighted by atomic mass is 35.5. The number of carbonyl (C=O) groups is 3. The van der Waals surface area contributed by atoms with Crippen molar-refractivity contribution in [3.8, 4) is 0 Å². The van der Waals surface area contributed by atoms with Crippen LogP contribution in [0.5, 0.6) is 0 Å². The molecule has 0 unspecified atom stereocenters. The number of aromatic carboxylic acids is 1. The number of carbonyl (C=O) groups excluding carboxylic acids is 2. The van der Waals surface area contributed by atoms with Crippen LogP contribution >= 0.6 is 23.4 Å². The summed E-state index contributed by atoms with van der Waals surface area (Å²) in [4.78, 5) is 43.3. The summed E-state index contributed by atoms with van der Waals surface area (Å²) in [5.74, 6) is -1.62. The Kier molecular flexibility index (Phi) is 7.30. The second-order valence-electron chi connectivity index (χ2n) is 7.52. The minimum atomic E-state index is -1.05. The molecule has 172 valence electrons. The van der Waals surface area contributed by atoms with Crippen LogP contribution in [0.2, 0.25) is 5.02 Å². The van der Waals surface area contributed by atoms with Crippen molar-refractivity contribution in [2.45, 2.75) is 18.2 Å². The molecule has 34 heavy (non-hydrogen) atoms. The lowest BCUT2D eigenvalue weighted by atomic mass is 10.2. The van der Waals surface area contributed by atoms with E-state index in [9.17, 15) is 14.4 Å². The summed E-state index contributed by atoms with van der Waals surface area (Å²) in [5.41, 5.74) is 2.13. The van der Waals surface area contributed by atoms with Crippen LogP contribution in [0.15, 0.2) is 83.9 Å². The third kappa shape index (κ3) is 5.84. The van der Waals surface area contributed by atoms with Crippen LogP contribution in [0.4, 0.5) is 11.4 Å². The Morgan fingerprint density at radius 2 is 1.71 bits per heavy atom. The van der Waals surface area contributed by atoms with Gasteiger partial charge in [0, 0.05) is 17.1 Å². The number of nitrogens with one attached hydrogen (secondary N) is 1. The van der Waals surface area contributed by atoms with Gasteiger partial charge in [-0.3, -0.25) is 14.5 Å². The molecule has 1 fully saturated rings. The van der Waals surface area contributed by atoms with Gasteiger partial charge in [-0.15, -0.1) is 0 Å². The standard InChI is InChI=1S/C25H20ClN3O4S/c26-18-10-6-16(7-11-18)15-29-22(30)14-21(34-25(29)28-19-4-2-1-3-5-19)23(31)27-20-12-8-17(9-13-20)24(32)33/h1-13,21H,14-15H2,(H,27,31)(H,32,33)/t21-/m0/s1. The fourth-order valence-corrected chi connectivity index (χ4v) is 4.53. The molecule has 3 aromatic rings. The van der Waals surface area contributed by atoms with Crippen LogP contribution in [-0.2, 0) is 16.1 Å². The zero-order valence-electron chi connectivity index (χ0n) is 17.8. The summed E-state index contributed by atoms with van der Waals surface area (Å²) in [5, 5.41) is 12.1. The molecule has 1 aliphatic heterocycles. The third-order valence-electron chi connectivity index (χ3n) is 5.07. The average Bonchev–Trinajstić information content (AvgIpc) is 2.83. The van der Waals surface area contributed by atoms with Crippen LogP contribution in [-0.4, -0.2) is 38.2 Å². The normalized spacial score (nSPS) is 17.0. The maximum absolute atomic E-state index is 13.1. The van der Waals surface area contributed by atoms with Crippen LogP contribution < -0.4 is 5.32 Å². The molecule has 0 aliphatic carbocycles. The Bertz CT molecular complexity index is 1230. The number of carboxylic acid groups (broad SMARTS) is 1. The van der Waals surface area contributed by atoms with Gasteiger partial charge in [-0.1, -0.05) is 53.7 Å². The number of hydrogen-bond donors (Lipinski definition) is 2. The van der Waals surface area contributed by atoms with E-state index in [4.69, 9.17) is 16.7 Å². The van der Waals surface area contributed by atoms with E-state index in [2.05, 4.69) is 10.3 Å². The average molecular weight is 494 g/mol. The number of carboxylic acids is 1. The third-order valence-corrected chi connectivity index (χ3v) is 6.51. The van der Waals surface area contributed by atoms with Crippen molar-refractivity contribution in [3.05, 3.63) is 95.0 Å². The fourth-order valence-electron chi connectivity index (χ4n) is 3.30. The SMILES string of the molecule is O=C(O)c1ccc(NC(=O)[C@@H]2CC(=O)N(Cc3ccc(Cl)cc3)C(=Nc3ccccc3)S2)cc1. The maximum atomic E-state index is 13.1. The van der Waals surface area contributed by atoms with Gasteiger partial charge in [-0.05, 0) is 54.1 Å². The van der Waals surface area contributed by atoms with Gasteiger partial charge in [0.15, 0.2) is 5.17 Å². The lowest BCUT2D eigenvalue weighted by Gasteiger charge is -2.32. The van der Waals surface area contributed by atoms with Gasteiger partial charge in [0.2, 0.25) is 11.8 Å². The molecule has 1 saturated heterocycles. The largest absolute Gasteiger partial charge is 0.478 e. The number of aliphatic imine (C=N–C) groups is 1. The number of nitrogens with zero attached hydrogens (tertiary/aromatic N) is 2. The number of benzene rings is 3. The van der Waals surface area contributed by atoms with E-state index >= 15 is 0 Å². The lowest BCUT2D eigenvalue weighted by molar-refractivity contribution is -0.129. The second kappa shape index (κ2) is 10.5. The number of hydrogen-bond acceptors (Lipinski definition) is 5. The number of thioether (sulfide) groups is 1.